The van der Waals surface area contributed by atoms with Gasteiger partial charge in [-0.15, -0.1) is 0 Å². The standard InChI is InChI=1S/C42H67NO12/c1-2-3-4-5-10-16-45-18-20-47-22-24-49-26-28-51-30-32-53-34-35-54-33-31-52-29-27-50-25-23-48-21-19-46-17-15-43-42(44)55-36-41-39-13-8-6-11-37(39)38-12-7-9-14-40(38)41/h6-9,11-14,41H,2-5,10,15-36H2,1H3,(H,43,44). The number of fused-ring (bicyclic) bond motifs is 3. The summed E-state index contributed by atoms with van der Waals surface area (Å²) in [5.41, 5.74) is 4.78. The van der Waals surface area contributed by atoms with Crippen molar-refractivity contribution in [2.24, 2.45) is 0 Å². The molecule has 2 aromatic rings. The number of carbonyl (C=O) groups excluding carboxylic acids is 1. The Kier molecular flexibility index (Phi) is 28.4. The smallest absolute Gasteiger partial charge is 0.407 e. The van der Waals surface area contributed by atoms with E-state index in [0.717, 1.165) is 13.0 Å². The fourth-order valence-electron chi connectivity index (χ4n) is 5.76. The largest absolute Gasteiger partial charge is 0.449 e. The molecule has 13 heteroatoms. The lowest BCUT2D eigenvalue weighted by Gasteiger charge is -2.14. The van der Waals surface area contributed by atoms with E-state index in [1.165, 1.54) is 47.9 Å². The van der Waals surface area contributed by atoms with Crippen LogP contribution < -0.4 is 5.32 Å². The molecule has 0 unspecified atom stereocenters. The monoisotopic (exact) mass is 777 g/mol. The number of alkyl carbamates (subject to hydrolysis) is 1. The third kappa shape index (κ3) is 22.6. The quantitative estimate of drug-likeness (QED) is 0.0845. The van der Waals surface area contributed by atoms with E-state index in [4.69, 9.17) is 52.1 Å². The highest BCUT2D eigenvalue weighted by atomic mass is 16.6. The number of ether oxygens (including phenoxy) is 11. The van der Waals surface area contributed by atoms with Crippen molar-refractivity contribution in [3.05, 3.63) is 59.7 Å². The Morgan fingerprint density at radius 2 is 0.800 bits per heavy atom. The van der Waals surface area contributed by atoms with Crippen molar-refractivity contribution in [2.75, 3.05) is 145 Å². The summed E-state index contributed by atoms with van der Waals surface area (Å²) in [5.74, 6) is 0.0387. The minimum absolute atomic E-state index is 0.0387. The van der Waals surface area contributed by atoms with E-state index in [1.54, 1.807) is 0 Å². The third-order valence-corrected chi connectivity index (χ3v) is 8.60. The number of benzene rings is 2. The molecule has 0 fully saturated rings. The zero-order valence-electron chi connectivity index (χ0n) is 33.2. The van der Waals surface area contributed by atoms with Gasteiger partial charge in [-0.3, -0.25) is 0 Å². The molecule has 312 valence electrons. The lowest BCUT2D eigenvalue weighted by Crippen LogP contribution is -2.29. The van der Waals surface area contributed by atoms with E-state index in [2.05, 4.69) is 36.5 Å². The van der Waals surface area contributed by atoms with Crippen LogP contribution in [-0.4, -0.2) is 151 Å². The van der Waals surface area contributed by atoms with E-state index in [-0.39, 0.29) is 12.5 Å². The summed E-state index contributed by atoms with van der Waals surface area (Å²) >= 11 is 0. The van der Waals surface area contributed by atoms with Gasteiger partial charge in [0.05, 0.1) is 126 Å². The molecule has 1 amide bonds. The van der Waals surface area contributed by atoms with E-state index in [9.17, 15) is 4.79 Å². The summed E-state index contributed by atoms with van der Waals surface area (Å²) in [6.07, 6.45) is 5.81. The molecule has 0 atom stereocenters. The van der Waals surface area contributed by atoms with Crippen molar-refractivity contribution in [3.63, 3.8) is 0 Å². The van der Waals surface area contributed by atoms with Crippen LogP contribution in [0.3, 0.4) is 0 Å². The first kappa shape index (κ1) is 46.7. The Hall–Kier alpha value is -2.69. The fourth-order valence-corrected chi connectivity index (χ4v) is 5.76. The van der Waals surface area contributed by atoms with Crippen molar-refractivity contribution in [3.8, 4) is 11.1 Å². The van der Waals surface area contributed by atoms with Gasteiger partial charge in [0.15, 0.2) is 0 Å². The molecule has 1 N–H and O–H groups in total. The van der Waals surface area contributed by atoms with Gasteiger partial charge in [0.2, 0.25) is 0 Å². The van der Waals surface area contributed by atoms with Crippen molar-refractivity contribution in [1.29, 1.82) is 0 Å². The molecular formula is C42H67NO12. The second kappa shape index (κ2) is 33.4. The fraction of sp³-hybridized carbons (Fsp3) is 0.690. The average Bonchev–Trinajstić information content (AvgIpc) is 3.53. The maximum atomic E-state index is 12.2. The first-order chi connectivity index (χ1) is 27.3. The molecule has 3 rings (SSSR count). The van der Waals surface area contributed by atoms with Crippen molar-refractivity contribution >= 4 is 6.09 Å². The predicted molar refractivity (Wildman–Crippen MR) is 210 cm³/mol. The van der Waals surface area contributed by atoms with Gasteiger partial charge >= 0.3 is 6.09 Å². The van der Waals surface area contributed by atoms with Crippen LogP contribution in [0.25, 0.3) is 11.1 Å². The van der Waals surface area contributed by atoms with Crippen LogP contribution in [0.1, 0.15) is 56.1 Å². The first-order valence-electron chi connectivity index (χ1n) is 20.2. The highest BCUT2D eigenvalue weighted by molar-refractivity contribution is 5.79. The van der Waals surface area contributed by atoms with E-state index in [0.29, 0.717) is 132 Å². The average molecular weight is 778 g/mol. The predicted octanol–water partition coefficient (Wildman–Crippen LogP) is 5.66. The lowest BCUT2D eigenvalue weighted by atomic mass is 9.98. The summed E-state index contributed by atoms with van der Waals surface area (Å²) in [6, 6.07) is 16.5. The normalized spacial score (nSPS) is 12.2. The molecule has 0 saturated heterocycles. The molecule has 0 bridgehead atoms. The van der Waals surface area contributed by atoms with Gasteiger partial charge in [-0.2, -0.15) is 0 Å². The molecule has 0 aromatic heterocycles. The highest BCUT2D eigenvalue weighted by Crippen LogP contribution is 2.44. The number of rotatable bonds is 38. The molecular weight excluding hydrogens is 710 g/mol. The van der Waals surface area contributed by atoms with Crippen LogP contribution in [0.5, 0.6) is 0 Å². The summed E-state index contributed by atoms with van der Waals surface area (Å²) in [6.45, 7) is 13.3. The van der Waals surface area contributed by atoms with Gasteiger partial charge in [-0.05, 0) is 28.7 Å². The maximum Gasteiger partial charge on any atom is 0.407 e. The number of unbranched alkanes of at least 4 members (excludes halogenated alkanes) is 4. The molecule has 0 saturated carbocycles. The highest BCUT2D eigenvalue weighted by Gasteiger charge is 2.28. The lowest BCUT2D eigenvalue weighted by molar-refractivity contribution is -0.0264. The van der Waals surface area contributed by atoms with Crippen molar-refractivity contribution in [2.45, 2.75) is 44.9 Å². The van der Waals surface area contributed by atoms with E-state index >= 15 is 0 Å². The molecule has 13 nitrogen and oxygen atoms in total. The number of hydrogen-bond donors (Lipinski definition) is 1. The van der Waals surface area contributed by atoms with E-state index < -0.39 is 6.09 Å². The number of amides is 1. The Morgan fingerprint density at radius 1 is 0.455 bits per heavy atom. The summed E-state index contributed by atoms with van der Waals surface area (Å²) in [4.78, 5) is 12.2. The molecule has 55 heavy (non-hydrogen) atoms. The zero-order valence-corrected chi connectivity index (χ0v) is 33.2. The minimum Gasteiger partial charge on any atom is -0.449 e. The molecule has 0 aliphatic heterocycles. The van der Waals surface area contributed by atoms with Crippen LogP contribution in [-0.2, 0) is 52.1 Å². The van der Waals surface area contributed by atoms with E-state index in [1.807, 2.05) is 24.3 Å². The molecule has 1 aliphatic rings. The molecule has 1 aliphatic carbocycles. The Labute approximate surface area is 328 Å². The van der Waals surface area contributed by atoms with Crippen molar-refractivity contribution in [1.82, 2.24) is 5.32 Å². The Bertz CT molecular complexity index is 1160. The van der Waals surface area contributed by atoms with Crippen LogP contribution in [0, 0.1) is 0 Å². The molecule has 0 spiro atoms. The van der Waals surface area contributed by atoms with Crippen LogP contribution in [0.15, 0.2) is 48.5 Å². The van der Waals surface area contributed by atoms with Gasteiger partial charge in [0.25, 0.3) is 0 Å². The number of nitrogens with one attached hydrogen (secondary N) is 1. The number of carbonyl (C=O) groups is 1. The van der Waals surface area contributed by atoms with Gasteiger partial charge < -0.3 is 57.4 Å². The molecule has 0 heterocycles. The van der Waals surface area contributed by atoms with Gasteiger partial charge in [0.1, 0.15) is 6.61 Å². The van der Waals surface area contributed by atoms with Gasteiger partial charge in [0, 0.05) is 19.1 Å². The van der Waals surface area contributed by atoms with Gasteiger partial charge in [-0.25, -0.2) is 4.79 Å². The summed E-state index contributed by atoms with van der Waals surface area (Å²) in [7, 11) is 0. The minimum atomic E-state index is -0.450. The zero-order chi connectivity index (χ0) is 38.7. The summed E-state index contributed by atoms with van der Waals surface area (Å²) in [5, 5.41) is 2.75. The Balaban J connectivity index is 0.941. The Morgan fingerprint density at radius 3 is 1.20 bits per heavy atom. The third-order valence-electron chi connectivity index (χ3n) is 8.60. The topological polar surface area (TPSA) is 131 Å². The summed E-state index contributed by atoms with van der Waals surface area (Å²) < 4.78 is 60.7. The van der Waals surface area contributed by atoms with Crippen LogP contribution in [0.2, 0.25) is 0 Å². The van der Waals surface area contributed by atoms with Gasteiger partial charge in [-0.1, -0.05) is 81.1 Å². The van der Waals surface area contributed by atoms with Crippen molar-refractivity contribution < 1.29 is 56.9 Å². The molecule has 0 radical (unpaired) electrons. The second-order valence-electron chi connectivity index (χ2n) is 12.8. The first-order valence-corrected chi connectivity index (χ1v) is 20.2. The second-order valence-corrected chi connectivity index (χ2v) is 12.8. The van der Waals surface area contributed by atoms with Crippen LogP contribution in [0.4, 0.5) is 4.79 Å². The number of hydrogen-bond acceptors (Lipinski definition) is 12. The van der Waals surface area contributed by atoms with Crippen LogP contribution >= 0.6 is 0 Å². The SMILES string of the molecule is CCCCCCCOCCOCCOCCOCCOCCOCCOCCOCCOCCOCCNC(=O)OCC1c2ccccc2-c2ccccc21. The maximum absolute atomic E-state index is 12.2. The molecule has 2 aromatic carbocycles.